The number of hydrogen-bond acceptors (Lipinski definition) is 3. The zero-order valence-electron chi connectivity index (χ0n) is 11.2. The molecule has 2 rings (SSSR count). The molecule has 1 heterocycles. The minimum absolute atomic E-state index is 0.0345. The van der Waals surface area contributed by atoms with Gasteiger partial charge in [0.25, 0.3) is 12.3 Å². The van der Waals surface area contributed by atoms with Crippen LogP contribution >= 0.6 is 0 Å². The lowest BCUT2D eigenvalue weighted by Gasteiger charge is -2.27. The maximum absolute atomic E-state index is 13.1. The minimum Gasteiger partial charge on any atom is -0.363 e. The predicted octanol–water partition coefficient (Wildman–Crippen LogP) is 2.01. The van der Waals surface area contributed by atoms with Crippen molar-refractivity contribution in [2.45, 2.75) is 51.0 Å². The van der Waals surface area contributed by atoms with E-state index >= 15 is 0 Å². The summed E-state index contributed by atoms with van der Waals surface area (Å²) in [5.74, 6) is -3.74. The Hall–Kier alpha value is -1.67. The highest BCUT2D eigenvalue weighted by atomic mass is 19.3. The smallest absolute Gasteiger partial charge is 0.286 e. The van der Waals surface area contributed by atoms with E-state index in [0.29, 0.717) is 12.8 Å². The number of carbonyl (C=O) groups excluding carboxylic acids is 1. The summed E-state index contributed by atoms with van der Waals surface area (Å²) in [5.41, 5.74) is 5.07. The molecule has 0 aliphatic heterocycles. The Morgan fingerprint density at radius 2 is 2.00 bits per heavy atom. The fourth-order valence-electron chi connectivity index (χ4n) is 2.48. The van der Waals surface area contributed by atoms with E-state index in [1.807, 2.05) is 0 Å². The molecule has 118 valence electrons. The van der Waals surface area contributed by atoms with Gasteiger partial charge in [-0.05, 0) is 18.8 Å². The fraction of sp³-hybridized carbons (Fsp3) is 0.750. The molecule has 1 aromatic heterocycles. The summed E-state index contributed by atoms with van der Waals surface area (Å²) in [5, 5.41) is 3.84. The maximum Gasteiger partial charge on any atom is 0.286 e. The molecule has 1 amide bonds. The number of carbonyl (C=O) groups is 1. The van der Waals surface area contributed by atoms with Gasteiger partial charge in [0.05, 0.1) is 0 Å². The first kappa shape index (κ1) is 15.7. The first-order valence-corrected chi connectivity index (χ1v) is 6.66. The number of aromatic nitrogens is 3. The van der Waals surface area contributed by atoms with E-state index in [1.54, 1.807) is 0 Å². The van der Waals surface area contributed by atoms with Crippen LogP contribution in [0, 0.1) is 5.92 Å². The minimum atomic E-state index is -2.69. The van der Waals surface area contributed by atoms with Gasteiger partial charge in [0, 0.05) is 19.3 Å². The van der Waals surface area contributed by atoms with Gasteiger partial charge in [0.15, 0.2) is 5.82 Å². The average Bonchev–Trinajstić information content (AvgIpc) is 2.74. The van der Waals surface area contributed by atoms with Crippen molar-refractivity contribution in [1.29, 1.82) is 0 Å². The number of rotatable bonds is 5. The van der Waals surface area contributed by atoms with Crippen LogP contribution in [0.2, 0.25) is 0 Å². The summed E-state index contributed by atoms with van der Waals surface area (Å²) >= 11 is 0. The Labute approximate surface area is 118 Å². The van der Waals surface area contributed by atoms with Crippen molar-refractivity contribution in [3.63, 3.8) is 0 Å². The third kappa shape index (κ3) is 4.15. The summed E-state index contributed by atoms with van der Waals surface area (Å²) in [6, 6.07) is 0. The molecule has 2 N–H and O–H groups in total. The number of nitrogens with zero attached hydrogens (tertiary/aromatic N) is 3. The van der Waals surface area contributed by atoms with Gasteiger partial charge >= 0.3 is 0 Å². The van der Waals surface area contributed by atoms with Gasteiger partial charge < -0.3 is 5.73 Å². The molecule has 1 fully saturated rings. The first-order chi connectivity index (χ1) is 9.77. The van der Waals surface area contributed by atoms with Crippen LogP contribution < -0.4 is 5.73 Å². The van der Waals surface area contributed by atoms with Gasteiger partial charge in [0.1, 0.15) is 6.54 Å². The fourth-order valence-corrected chi connectivity index (χ4v) is 2.48. The number of nitrogens with two attached hydrogens (primary N) is 1. The van der Waals surface area contributed by atoms with Crippen molar-refractivity contribution in [3.8, 4) is 0 Å². The Balaban J connectivity index is 2.05. The van der Waals surface area contributed by atoms with Crippen LogP contribution in [0.5, 0.6) is 0 Å². The Morgan fingerprint density at radius 3 is 2.52 bits per heavy atom. The molecule has 1 aliphatic carbocycles. The monoisotopic (exact) mass is 308 g/mol. The van der Waals surface area contributed by atoms with Crippen molar-refractivity contribution in [1.82, 2.24) is 14.8 Å². The summed E-state index contributed by atoms with van der Waals surface area (Å²) in [6.07, 6.45) is -2.15. The van der Waals surface area contributed by atoms with Crippen molar-refractivity contribution in [2.75, 3.05) is 0 Å². The second kappa shape index (κ2) is 5.98. The van der Waals surface area contributed by atoms with Gasteiger partial charge in [-0.2, -0.15) is 5.10 Å². The highest BCUT2D eigenvalue weighted by Gasteiger charge is 2.35. The molecule has 5 nitrogen and oxygen atoms in total. The van der Waals surface area contributed by atoms with E-state index < -0.39 is 24.8 Å². The molecule has 21 heavy (non-hydrogen) atoms. The van der Waals surface area contributed by atoms with Gasteiger partial charge in [0.2, 0.25) is 11.7 Å². The van der Waals surface area contributed by atoms with E-state index in [9.17, 15) is 22.4 Å². The van der Waals surface area contributed by atoms with Crippen LogP contribution in [0.4, 0.5) is 17.6 Å². The number of amides is 1. The van der Waals surface area contributed by atoms with Crippen LogP contribution in [0.25, 0.3) is 0 Å². The van der Waals surface area contributed by atoms with E-state index in [2.05, 4.69) is 10.1 Å². The Bertz CT molecular complexity index is 507. The van der Waals surface area contributed by atoms with Crippen LogP contribution in [0.15, 0.2) is 0 Å². The standard InChI is InChI=1S/C12H16F4N4O/c13-8(14)6-20-11(10(17)21)18-9(19-20)5-7-1-3-12(15,16)4-2-7/h7-8H,1-6H2,(H2,17,21). The number of hydrogen-bond donors (Lipinski definition) is 1. The number of primary amides is 1. The quantitative estimate of drug-likeness (QED) is 0.846. The van der Waals surface area contributed by atoms with Gasteiger partial charge in [-0.1, -0.05) is 0 Å². The molecular formula is C12H16F4N4O. The molecule has 0 aromatic carbocycles. The molecule has 0 bridgehead atoms. The van der Waals surface area contributed by atoms with Crippen molar-refractivity contribution in [2.24, 2.45) is 11.7 Å². The van der Waals surface area contributed by atoms with E-state index in [1.165, 1.54) is 0 Å². The van der Waals surface area contributed by atoms with Crippen LogP contribution in [-0.2, 0) is 13.0 Å². The Kier molecular flexibility index (Phi) is 4.48. The van der Waals surface area contributed by atoms with Crippen molar-refractivity contribution >= 4 is 5.91 Å². The molecule has 1 aromatic rings. The normalized spacial score (nSPS) is 19.1. The lowest BCUT2D eigenvalue weighted by atomic mass is 9.85. The summed E-state index contributed by atoms with van der Waals surface area (Å²) < 4.78 is 51.7. The zero-order chi connectivity index (χ0) is 15.6. The molecule has 1 aliphatic rings. The van der Waals surface area contributed by atoms with E-state index in [-0.39, 0.29) is 36.8 Å². The van der Waals surface area contributed by atoms with Crippen molar-refractivity contribution in [3.05, 3.63) is 11.6 Å². The summed E-state index contributed by atoms with van der Waals surface area (Å²) in [6.45, 7) is -0.770. The van der Waals surface area contributed by atoms with E-state index in [4.69, 9.17) is 5.73 Å². The summed E-state index contributed by atoms with van der Waals surface area (Å²) in [4.78, 5) is 15.0. The molecule has 0 spiro atoms. The number of halogens is 4. The van der Waals surface area contributed by atoms with Crippen LogP contribution in [0.3, 0.4) is 0 Å². The average molecular weight is 308 g/mol. The SMILES string of the molecule is NC(=O)c1nc(CC2CCC(F)(F)CC2)nn1CC(F)F. The largest absolute Gasteiger partial charge is 0.363 e. The Morgan fingerprint density at radius 1 is 1.38 bits per heavy atom. The van der Waals surface area contributed by atoms with Gasteiger partial charge in [-0.15, -0.1) is 0 Å². The molecule has 0 saturated heterocycles. The van der Waals surface area contributed by atoms with Gasteiger partial charge in [-0.25, -0.2) is 27.2 Å². The molecule has 9 heteroatoms. The second-order valence-electron chi connectivity index (χ2n) is 5.29. The highest BCUT2D eigenvalue weighted by Crippen LogP contribution is 2.37. The molecule has 1 saturated carbocycles. The second-order valence-corrected chi connectivity index (χ2v) is 5.29. The lowest BCUT2D eigenvalue weighted by Crippen LogP contribution is -2.25. The first-order valence-electron chi connectivity index (χ1n) is 6.66. The summed E-state index contributed by atoms with van der Waals surface area (Å²) in [7, 11) is 0. The lowest BCUT2D eigenvalue weighted by molar-refractivity contribution is -0.0458. The topological polar surface area (TPSA) is 73.8 Å². The van der Waals surface area contributed by atoms with Crippen molar-refractivity contribution < 1.29 is 22.4 Å². The zero-order valence-corrected chi connectivity index (χ0v) is 11.2. The molecule has 0 radical (unpaired) electrons. The third-order valence-corrected chi connectivity index (χ3v) is 3.55. The molecule has 0 atom stereocenters. The predicted molar refractivity (Wildman–Crippen MR) is 65.2 cm³/mol. The number of alkyl halides is 4. The maximum atomic E-state index is 13.1. The third-order valence-electron chi connectivity index (χ3n) is 3.55. The van der Waals surface area contributed by atoms with Crippen LogP contribution in [0.1, 0.15) is 42.1 Å². The molecular weight excluding hydrogens is 292 g/mol. The van der Waals surface area contributed by atoms with Gasteiger partial charge in [-0.3, -0.25) is 4.79 Å². The highest BCUT2D eigenvalue weighted by molar-refractivity contribution is 5.89. The van der Waals surface area contributed by atoms with E-state index in [0.717, 1.165) is 4.68 Å². The molecule has 0 unspecified atom stereocenters. The van der Waals surface area contributed by atoms with Crippen LogP contribution in [-0.4, -0.2) is 33.0 Å².